The van der Waals surface area contributed by atoms with Crippen LogP contribution in [0, 0.1) is 0 Å². The second-order valence-electron chi connectivity index (χ2n) is 8.18. The number of benzene rings is 3. The third kappa shape index (κ3) is 7.70. The average molecular weight is 447 g/mol. The Balaban J connectivity index is 1.51. The fourth-order valence-corrected chi connectivity index (χ4v) is 2.78. The topological polar surface area (TPSA) is 109 Å². The van der Waals surface area contributed by atoms with Crippen LogP contribution in [0.1, 0.15) is 31.1 Å². The summed E-state index contributed by atoms with van der Waals surface area (Å²) in [5.41, 5.74) is 2.19. The number of ether oxygens (including phenoxy) is 1. The number of para-hydroxylation sites is 1. The second kappa shape index (κ2) is 10.3. The van der Waals surface area contributed by atoms with Gasteiger partial charge in [0.15, 0.2) is 0 Å². The Bertz CT molecular complexity index is 1110. The van der Waals surface area contributed by atoms with E-state index in [1.807, 2.05) is 18.2 Å². The summed E-state index contributed by atoms with van der Waals surface area (Å²) in [7, 11) is 0. The van der Waals surface area contributed by atoms with Crippen LogP contribution >= 0.6 is 0 Å². The zero-order valence-electron chi connectivity index (χ0n) is 18.6. The predicted octanol–water partition coefficient (Wildman–Crippen LogP) is 5.93. The molecule has 0 heterocycles. The number of carbonyl (C=O) groups excluding carboxylic acids is 3. The average Bonchev–Trinajstić information content (AvgIpc) is 2.75. The van der Waals surface area contributed by atoms with Gasteiger partial charge in [-0.05, 0) is 81.4 Å². The largest absolute Gasteiger partial charge is 0.444 e. The maximum atomic E-state index is 12.5. The molecule has 0 saturated carbocycles. The van der Waals surface area contributed by atoms with Crippen molar-refractivity contribution in [3.05, 3.63) is 84.4 Å². The quantitative estimate of drug-likeness (QED) is 0.389. The maximum Gasteiger partial charge on any atom is 0.412 e. The van der Waals surface area contributed by atoms with E-state index in [-0.39, 0.29) is 11.9 Å². The Morgan fingerprint density at radius 3 is 1.61 bits per heavy atom. The van der Waals surface area contributed by atoms with Crippen LogP contribution in [0.4, 0.5) is 32.3 Å². The molecule has 0 fully saturated rings. The van der Waals surface area contributed by atoms with Crippen molar-refractivity contribution in [3.8, 4) is 0 Å². The van der Waals surface area contributed by atoms with Crippen molar-refractivity contribution in [1.29, 1.82) is 0 Å². The van der Waals surface area contributed by atoms with Crippen molar-refractivity contribution >= 4 is 40.8 Å². The Morgan fingerprint density at radius 1 is 0.606 bits per heavy atom. The molecule has 8 heteroatoms. The fraction of sp³-hybridized carbons (Fsp3) is 0.160. The molecule has 3 rings (SSSR count). The van der Waals surface area contributed by atoms with Gasteiger partial charge in [-0.25, -0.2) is 9.59 Å². The lowest BCUT2D eigenvalue weighted by Gasteiger charge is -2.19. The van der Waals surface area contributed by atoms with E-state index in [1.54, 1.807) is 81.4 Å². The lowest BCUT2D eigenvalue weighted by molar-refractivity contribution is 0.0635. The van der Waals surface area contributed by atoms with Gasteiger partial charge in [0.1, 0.15) is 5.60 Å². The second-order valence-corrected chi connectivity index (χ2v) is 8.18. The van der Waals surface area contributed by atoms with E-state index in [0.29, 0.717) is 28.3 Å². The molecule has 8 nitrogen and oxygen atoms in total. The summed E-state index contributed by atoms with van der Waals surface area (Å²) in [5.74, 6) is -0.304. The molecule has 0 atom stereocenters. The van der Waals surface area contributed by atoms with Crippen LogP contribution in [0.15, 0.2) is 78.9 Å². The summed E-state index contributed by atoms with van der Waals surface area (Å²) < 4.78 is 5.20. The number of hydrogen-bond donors (Lipinski definition) is 4. The van der Waals surface area contributed by atoms with E-state index in [0.717, 1.165) is 0 Å². The summed E-state index contributed by atoms with van der Waals surface area (Å²) in [5, 5.41) is 10.9. The highest BCUT2D eigenvalue weighted by Crippen LogP contribution is 2.17. The van der Waals surface area contributed by atoms with Gasteiger partial charge in [0.2, 0.25) is 0 Å². The number of amides is 4. The number of hydrogen-bond acceptors (Lipinski definition) is 4. The molecule has 0 aliphatic heterocycles. The third-order valence-electron chi connectivity index (χ3n) is 4.22. The van der Waals surface area contributed by atoms with E-state index in [4.69, 9.17) is 4.74 Å². The van der Waals surface area contributed by atoms with Crippen molar-refractivity contribution in [3.63, 3.8) is 0 Å². The van der Waals surface area contributed by atoms with Crippen molar-refractivity contribution in [2.75, 3.05) is 21.3 Å². The van der Waals surface area contributed by atoms with Crippen molar-refractivity contribution in [2.24, 2.45) is 0 Å². The van der Waals surface area contributed by atoms with Gasteiger partial charge in [-0.15, -0.1) is 0 Å². The number of urea groups is 1. The van der Waals surface area contributed by atoms with Gasteiger partial charge in [0.25, 0.3) is 5.91 Å². The molecule has 0 spiro atoms. The lowest BCUT2D eigenvalue weighted by Crippen LogP contribution is -2.27. The van der Waals surface area contributed by atoms with Crippen LogP contribution < -0.4 is 21.3 Å². The zero-order valence-corrected chi connectivity index (χ0v) is 18.6. The smallest absolute Gasteiger partial charge is 0.412 e. The first kappa shape index (κ1) is 23.3. The molecule has 0 saturated heterocycles. The molecular weight excluding hydrogens is 420 g/mol. The molecule has 0 unspecified atom stereocenters. The Morgan fingerprint density at radius 2 is 1.06 bits per heavy atom. The molecule has 0 bridgehead atoms. The van der Waals surface area contributed by atoms with Gasteiger partial charge in [0.05, 0.1) is 0 Å². The molecule has 4 N–H and O–H groups in total. The summed E-state index contributed by atoms with van der Waals surface area (Å²) in [6.45, 7) is 5.34. The Hall–Kier alpha value is -4.33. The molecule has 4 amide bonds. The molecule has 0 aromatic heterocycles. The van der Waals surface area contributed by atoms with Gasteiger partial charge >= 0.3 is 12.1 Å². The molecule has 3 aromatic rings. The number of nitrogens with one attached hydrogen (secondary N) is 4. The van der Waals surface area contributed by atoms with E-state index in [9.17, 15) is 14.4 Å². The summed E-state index contributed by atoms with van der Waals surface area (Å²) >= 11 is 0. The highest BCUT2D eigenvalue weighted by molar-refractivity contribution is 6.05. The van der Waals surface area contributed by atoms with E-state index in [2.05, 4.69) is 21.3 Å². The van der Waals surface area contributed by atoms with Gasteiger partial charge in [-0.2, -0.15) is 0 Å². The monoisotopic (exact) mass is 446 g/mol. The minimum Gasteiger partial charge on any atom is -0.444 e. The highest BCUT2D eigenvalue weighted by atomic mass is 16.6. The molecule has 3 aromatic carbocycles. The molecule has 0 aliphatic carbocycles. The summed E-state index contributed by atoms with van der Waals surface area (Å²) in [6.07, 6.45) is -0.564. The first-order chi connectivity index (χ1) is 15.7. The molecule has 170 valence electrons. The lowest BCUT2D eigenvalue weighted by atomic mass is 10.2. The molecular formula is C25H26N4O4. The highest BCUT2D eigenvalue weighted by Gasteiger charge is 2.16. The van der Waals surface area contributed by atoms with Gasteiger partial charge in [0, 0.05) is 28.3 Å². The first-order valence-corrected chi connectivity index (χ1v) is 10.3. The maximum absolute atomic E-state index is 12.5. The van der Waals surface area contributed by atoms with E-state index < -0.39 is 11.7 Å². The van der Waals surface area contributed by atoms with Gasteiger partial charge < -0.3 is 20.7 Å². The molecule has 33 heavy (non-hydrogen) atoms. The zero-order chi connectivity index (χ0) is 23.8. The minimum atomic E-state index is -0.597. The van der Waals surface area contributed by atoms with Crippen LogP contribution in [0.3, 0.4) is 0 Å². The van der Waals surface area contributed by atoms with Crippen molar-refractivity contribution < 1.29 is 19.1 Å². The summed E-state index contributed by atoms with van der Waals surface area (Å²) in [4.78, 5) is 36.4. The number of anilines is 4. The predicted molar refractivity (Wildman–Crippen MR) is 130 cm³/mol. The molecule has 0 aliphatic rings. The van der Waals surface area contributed by atoms with Crippen LogP contribution in [0.25, 0.3) is 0 Å². The van der Waals surface area contributed by atoms with E-state index in [1.165, 1.54) is 0 Å². The number of carbonyl (C=O) groups is 3. The minimum absolute atomic E-state index is 0.304. The van der Waals surface area contributed by atoms with Crippen LogP contribution in [-0.2, 0) is 4.74 Å². The van der Waals surface area contributed by atoms with Crippen molar-refractivity contribution in [1.82, 2.24) is 0 Å². The van der Waals surface area contributed by atoms with Gasteiger partial charge in [-0.1, -0.05) is 18.2 Å². The van der Waals surface area contributed by atoms with Crippen LogP contribution in [0.2, 0.25) is 0 Å². The van der Waals surface area contributed by atoms with Crippen molar-refractivity contribution in [2.45, 2.75) is 26.4 Å². The molecule has 0 radical (unpaired) electrons. The first-order valence-electron chi connectivity index (χ1n) is 10.3. The number of rotatable bonds is 5. The van der Waals surface area contributed by atoms with E-state index >= 15 is 0 Å². The van der Waals surface area contributed by atoms with Crippen LogP contribution in [-0.4, -0.2) is 23.6 Å². The van der Waals surface area contributed by atoms with Crippen LogP contribution in [0.5, 0.6) is 0 Å². The Labute approximate surface area is 192 Å². The fourth-order valence-electron chi connectivity index (χ4n) is 2.78. The van der Waals surface area contributed by atoms with Gasteiger partial charge in [-0.3, -0.25) is 10.1 Å². The Kier molecular flexibility index (Phi) is 7.30. The SMILES string of the molecule is CC(C)(C)OC(=O)Nc1ccc(C(=O)Nc2ccc(NC(=O)Nc3ccccc3)cc2)cc1. The third-order valence-corrected chi connectivity index (χ3v) is 4.22. The standard InChI is InChI=1S/C25H26N4O4/c1-25(2,3)33-24(32)29-21-11-9-17(10-12-21)22(30)26-19-13-15-20(16-14-19)28-23(31)27-18-7-5-4-6-8-18/h4-16H,1-3H3,(H,26,30)(H,29,32)(H2,27,28,31). The summed E-state index contributed by atoms with van der Waals surface area (Å²) in [6, 6.07) is 22.0. The normalized spacial score (nSPS) is 10.6.